The largest absolute Gasteiger partial charge is 0.358 e. The van der Waals surface area contributed by atoms with Crippen molar-refractivity contribution in [3.63, 3.8) is 0 Å². The summed E-state index contributed by atoms with van der Waals surface area (Å²) in [7, 11) is 7.39. The lowest BCUT2D eigenvalue weighted by atomic mass is 10.0. The number of carbonyl (C=O) groups excluding carboxylic acids is 2. The number of aryl methyl sites for hydroxylation is 1. The van der Waals surface area contributed by atoms with Gasteiger partial charge in [-0.1, -0.05) is 0 Å². The van der Waals surface area contributed by atoms with Crippen LogP contribution in [0.3, 0.4) is 0 Å². The highest BCUT2D eigenvalue weighted by molar-refractivity contribution is 6.35. The maximum atomic E-state index is 14.0. The van der Waals surface area contributed by atoms with Crippen LogP contribution < -0.4 is 4.90 Å². The minimum absolute atomic E-state index is 0.0968. The van der Waals surface area contributed by atoms with Gasteiger partial charge in [0.1, 0.15) is 5.82 Å². The van der Waals surface area contributed by atoms with Gasteiger partial charge in [-0.2, -0.15) is 0 Å². The van der Waals surface area contributed by atoms with E-state index in [1.54, 1.807) is 31.1 Å². The Morgan fingerprint density at radius 3 is 2.53 bits per heavy atom. The Balaban J connectivity index is 2.03. The third-order valence-corrected chi connectivity index (χ3v) is 5.39. The Morgan fingerprint density at radius 2 is 1.90 bits per heavy atom. The third-order valence-electron chi connectivity index (χ3n) is 5.39. The van der Waals surface area contributed by atoms with Crippen molar-refractivity contribution in [3.05, 3.63) is 52.1 Å². The van der Waals surface area contributed by atoms with Gasteiger partial charge in [-0.15, -0.1) is 0 Å². The van der Waals surface area contributed by atoms with E-state index in [-0.39, 0.29) is 17.6 Å². The molecule has 1 aliphatic heterocycles. The fraction of sp³-hybridized carbons (Fsp3) is 0.391. The molecule has 1 aliphatic rings. The number of amides is 2. The second-order valence-corrected chi connectivity index (χ2v) is 8.20. The van der Waals surface area contributed by atoms with Gasteiger partial charge in [0.2, 0.25) is 0 Å². The van der Waals surface area contributed by atoms with Gasteiger partial charge in [-0.3, -0.25) is 9.59 Å². The van der Waals surface area contributed by atoms with Crippen LogP contribution in [0.5, 0.6) is 0 Å². The van der Waals surface area contributed by atoms with E-state index >= 15 is 0 Å². The molecule has 0 unspecified atom stereocenters. The Bertz CT molecular complexity index is 1020. The number of carbonyl (C=O) groups is 2. The first-order valence-electron chi connectivity index (χ1n) is 10.0. The summed E-state index contributed by atoms with van der Waals surface area (Å²) >= 11 is 0. The van der Waals surface area contributed by atoms with Crippen molar-refractivity contribution < 1.29 is 14.0 Å². The van der Waals surface area contributed by atoms with Crippen molar-refractivity contribution in [1.82, 2.24) is 14.8 Å². The van der Waals surface area contributed by atoms with E-state index < -0.39 is 0 Å². The summed E-state index contributed by atoms with van der Waals surface area (Å²) in [6, 6.07) is 4.45. The number of halogens is 1. The highest BCUT2D eigenvalue weighted by Gasteiger charge is 2.33. The molecule has 0 radical (unpaired) electrons. The van der Waals surface area contributed by atoms with Crippen LogP contribution in [0.1, 0.15) is 39.3 Å². The average molecular weight is 413 g/mol. The number of benzene rings is 1. The highest BCUT2D eigenvalue weighted by Crippen LogP contribution is 2.38. The molecular weight excluding hydrogens is 383 g/mol. The van der Waals surface area contributed by atoms with Gasteiger partial charge in [0.05, 0.1) is 16.8 Å². The fourth-order valence-electron chi connectivity index (χ4n) is 3.84. The van der Waals surface area contributed by atoms with E-state index in [0.717, 1.165) is 29.9 Å². The zero-order chi connectivity index (χ0) is 22.2. The molecule has 2 aromatic rings. The number of hydrogen-bond acceptors (Lipinski definition) is 3. The van der Waals surface area contributed by atoms with Crippen molar-refractivity contribution in [2.24, 2.45) is 0 Å². The maximum absolute atomic E-state index is 14.0. The predicted octanol–water partition coefficient (Wildman–Crippen LogP) is 3.31. The van der Waals surface area contributed by atoms with Gasteiger partial charge >= 0.3 is 0 Å². The van der Waals surface area contributed by atoms with Gasteiger partial charge in [-0.25, -0.2) is 4.39 Å². The average Bonchev–Trinajstić information content (AvgIpc) is 3.08. The van der Waals surface area contributed by atoms with Crippen LogP contribution in [-0.2, 0) is 4.79 Å². The molecular formula is C23H29FN4O2. The fourth-order valence-corrected chi connectivity index (χ4v) is 3.84. The SMILES string of the molecule is Cc1[nH]c(/C=C2\C(=O)N(CCCN(C)C)c3ccc(F)cc32)c(C)c1C(=O)N(C)C. The summed E-state index contributed by atoms with van der Waals surface area (Å²) in [5.74, 6) is -0.632. The zero-order valence-corrected chi connectivity index (χ0v) is 18.5. The Hall–Kier alpha value is -2.93. The molecule has 160 valence electrons. The van der Waals surface area contributed by atoms with Gasteiger partial charge in [0.15, 0.2) is 0 Å². The third kappa shape index (κ3) is 4.03. The van der Waals surface area contributed by atoms with Crippen molar-refractivity contribution in [3.8, 4) is 0 Å². The standard InChI is InChI=1S/C23H29FN4O2/c1-14-19(25-15(2)21(14)23(30)27(5)6)13-18-17-12-16(24)8-9-20(17)28(22(18)29)11-7-10-26(3)4/h8-9,12-13,25H,7,10-11H2,1-6H3/b18-13-. The van der Waals surface area contributed by atoms with Crippen molar-refractivity contribution in [1.29, 1.82) is 0 Å². The summed E-state index contributed by atoms with van der Waals surface area (Å²) in [5, 5.41) is 0. The second kappa shape index (κ2) is 8.44. The van der Waals surface area contributed by atoms with E-state index in [9.17, 15) is 14.0 Å². The number of H-pyrrole nitrogens is 1. The number of nitrogens with one attached hydrogen (secondary N) is 1. The predicted molar refractivity (Wildman–Crippen MR) is 118 cm³/mol. The second-order valence-electron chi connectivity index (χ2n) is 8.20. The summed E-state index contributed by atoms with van der Waals surface area (Å²) in [6.07, 6.45) is 2.55. The normalized spacial score (nSPS) is 14.7. The van der Waals surface area contributed by atoms with Crippen molar-refractivity contribution in [2.75, 3.05) is 46.2 Å². The molecule has 2 amide bonds. The number of nitrogens with zero attached hydrogens (tertiary/aromatic N) is 3. The lowest BCUT2D eigenvalue weighted by Crippen LogP contribution is -2.29. The number of hydrogen-bond donors (Lipinski definition) is 1. The molecule has 2 heterocycles. The lowest BCUT2D eigenvalue weighted by Gasteiger charge is -2.18. The number of aromatic nitrogens is 1. The summed E-state index contributed by atoms with van der Waals surface area (Å²) in [5.41, 5.74) is 4.53. The van der Waals surface area contributed by atoms with Gasteiger partial charge < -0.3 is 19.7 Å². The van der Waals surface area contributed by atoms with Gasteiger partial charge in [0, 0.05) is 37.6 Å². The van der Waals surface area contributed by atoms with Gasteiger partial charge in [0.25, 0.3) is 11.8 Å². The monoisotopic (exact) mass is 412 g/mol. The molecule has 30 heavy (non-hydrogen) atoms. The van der Waals surface area contributed by atoms with Gasteiger partial charge in [-0.05, 0) is 70.7 Å². The zero-order valence-electron chi connectivity index (χ0n) is 18.5. The molecule has 6 nitrogen and oxygen atoms in total. The minimum Gasteiger partial charge on any atom is -0.358 e. The molecule has 1 aromatic carbocycles. The first kappa shape index (κ1) is 21.8. The van der Waals surface area contributed by atoms with Crippen LogP contribution in [0.2, 0.25) is 0 Å². The smallest absolute Gasteiger partial charge is 0.259 e. The molecule has 0 bridgehead atoms. The van der Waals surface area contributed by atoms with Crippen LogP contribution in [0.15, 0.2) is 18.2 Å². The molecule has 0 saturated heterocycles. The summed E-state index contributed by atoms with van der Waals surface area (Å²) < 4.78 is 14.0. The van der Waals surface area contributed by atoms with E-state index in [2.05, 4.69) is 9.88 Å². The minimum atomic E-state index is -0.384. The van der Waals surface area contributed by atoms with Crippen LogP contribution in [-0.4, -0.2) is 67.9 Å². The highest BCUT2D eigenvalue weighted by atomic mass is 19.1. The molecule has 0 saturated carbocycles. The quantitative estimate of drug-likeness (QED) is 0.741. The van der Waals surface area contributed by atoms with Crippen LogP contribution in [0, 0.1) is 19.7 Å². The number of fused-ring (bicyclic) bond motifs is 1. The topological polar surface area (TPSA) is 59.7 Å². The molecule has 7 heteroatoms. The van der Waals surface area contributed by atoms with E-state index in [0.29, 0.717) is 28.9 Å². The molecule has 0 atom stereocenters. The lowest BCUT2D eigenvalue weighted by molar-refractivity contribution is -0.113. The number of anilines is 1. The Kier molecular flexibility index (Phi) is 6.12. The van der Waals surface area contributed by atoms with Crippen LogP contribution >= 0.6 is 0 Å². The first-order chi connectivity index (χ1) is 14.1. The molecule has 0 fully saturated rings. The van der Waals surface area contributed by atoms with Crippen LogP contribution in [0.25, 0.3) is 11.6 Å². The van der Waals surface area contributed by atoms with Crippen molar-refractivity contribution >= 4 is 29.2 Å². The van der Waals surface area contributed by atoms with E-state index in [1.807, 2.05) is 27.9 Å². The van der Waals surface area contributed by atoms with E-state index in [4.69, 9.17) is 0 Å². The number of aromatic amines is 1. The maximum Gasteiger partial charge on any atom is 0.259 e. The molecule has 0 aliphatic carbocycles. The number of rotatable bonds is 6. The first-order valence-corrected chi connectivity index (χ1v) is 10.0. The molecule has 1 aromatic heterocycles. The van der Waals surface area contributed by atoms with Crippen molar-refractivity contribution in [2.45, 2.75) is 20.3 Å². The summed E-state index contributed by atoms with van der Waals surface area (Å²) in [4.78, 5) is 34.3. The summed E-state index contributed by atoms with van der Waals surface area (Å²) in [6.45, 7) is 5.10. The van der Waals surface area contributed by atoms with Crippen LogP contribution in [0.4, 0.5) is 10.1 Å². The molecule has 3 rings (SSSR count). The Labute approximate surface area is 177 Å². The van der Waals surface area contributed by atoms with E-state index in [1.165, 1.54) is 17.0 Å². The molecule has 1 N–H and O–H groups in total. The molecule has 0 spiro atoms. The Morgan fingerprint density at radius 1 is 1.20 bits per heavy atom.